The van der Waals surface area contributed by atoms with Crippen LogP contribution in [0.2, 0.25) is 5.02 Å². The van der Waals surface area contributed by atoms with E-state index in [1.54, 1.807) is 20.2 Å². The van der Waals surface area contributed by atoms with Crippen LogP contribution in [-0.2, 0) is 20.8 Å². The van der Waals surface area contributed by atoms with Gasteiger partial charge in [0.05, 0.1) is 5.02 Å². The molecule has 0 bridgehead atoms. The van der Waals surface area contributed by atoms with E-state index < -0.39 is 20.8 Å². The van der Waals surface area contributed by atoms with Crippen LogP contribution in [0.1, 0.15) is 13.3 Å². The topological polar surface area (TPSA) is 88.2 Å². The van der Waals surface area contributed by atoms with E-state index in [9.17, 15) is 12.6 Å². The van der Waals surface area contributed by atoms with Gasteiger partial charge in [-0.2, -0.15) is 0 Å². The molecule has 0 fully saturated rings. The SMILES string of the molecule is CNc1ncc(S(=O)(=O)NC(C)CCS(C)=O)cc1Cl. The summed E-state index contributed by atoms with van der Waals surface area (Å²) in [6, 6.07) is 1.03. The Morgan fingerprint density at radius 1 is 1.50 bits per heavy atom. The summed E-state index contributed by atoms with van der Waals surface area (Å²) >= 11 is 5.92. The molecule has 6 nitrogen and oxygen atoms in total. The standard InChI is InChI=1S/C11H18ClN3O3S2/c1-8(4-5-19(3)16)15-20(17,18)9-6-10(12)11(13-2)14-7-9/h6-8,15H,4-5H2,1-3H3,(H,13,14). The molecule has 0 aliphatic rings. The van der Waals surface area contributed by atoms with Gasteiger partial charge in [-0.25, -0.2) is 18.1 Å². The van der Waals surface area contributed by atoms with Gasteiger partial charge in [0.2, 0.25) is 10.0 Å². The van der Waals surface area contributed by atoms with Gasteiger partial charge >= 0.3 is 0 Å². The van der Waals surface area contributed by atoms with Crippen molar-refractivity contribution < 1.29 is 12.6 Å². The van der Waals surface area contributed by atoms with Gasteiger partial charge in [0, 0.05) is 42.1 Å². The van der Waals surface area contributed by atoms with E-state index >= 15 is 0 Å². The Kier molecular flexibility index (Phi) is 6.38. The maximum atomic E-state index is 12.1. The molecule has 2 unspecified atom stereocenters. The zero-order valence-electron chi connectivity index (χ0n) is 11.5. The summed E-state index contributed by atoms with van der Waals surface area (Å²) in [5.74, 6) is 0.863. The number of sulfonamides is 1. The van der Waals surface area contributed by atoms with Crippen LogP contribution in [-0.4, -0.2) is 42.7 Å². The first-order valence-corrected chi connectivity index (χ1v) is 9.50. The van der Waals surface area contributed by atoms with Crippen molar-refractivity contribution in [1.29, 1.82) is 0 Å². The Morgan fingerprint density at radius 3 is 2.65 bits per heavy atom. The number of nitrogens with zero attached hydrogens (tertiary/aromatic N) is 1. The molecule has 0 saturated heterocycles. The number of anilines is 1. The van der Waals surface area contributed by atoms with E-state index in [0.29, 0.717) is 18.0 Å². The van der Waals surface area contributed by atoms with Crippen molar-refractivity contribution >= 4 is 38.2 Å². The fraction of sp³-hybridized carbons (Fsp3) is 0.545. The molecule has 0 aromatic carbocycles. The van der Waals surface area contributed by atoms with Crippen LogP contribution < -0.4 is 10.0 Å². The highest BCUT2D eigenvalue weighted by molar-refractivity contribution is 7.89. The van der Waals surface area contributed by atoms with Crippen molar-refractivity contribution in [2.75, 3.05) is 24.4 Å². The second-order valence-electron chi connectivity index (χ2n) is 4.34. The van der Waals surface area contributed by atoms with Gasteiger partial charge in [-0.05, 0) is 19.4 Å². The third-order valence-corrected chi connectivity index (χ3v) is 5.21. The highest BCUT2D eigenvalue weighted by atomic mass is 35.5. The van der Waals surface area contributed by atoms with Gasteiger partial charge in [0.15, 0.2) is 0 Å². The lowest BCUT2D eigenvalue weighted by atomic mass is 10.3. The second-order valence-corrected chi connectivity index (χ2v) is 8.02. The highest BCUT2D eigenvalue weighted by Crippen LogP contribution is 2.22. The lowest BCUT2D eigenvalue weighted by Gasteiger charge is -2.14. The van der Waals surface area contributed by atoms with Crippen molar-refractivity contribution in [3.8, 4) is 0 Å². The van der Waals surface area contributed by atoms with E-state index in [0.717, 1.165) is 0 Å². The zero-order chi connectivity index (χ0) is 15.3. The monoisotopic (exact) mass is 339 g/mol. The second kappa shape index (κ2) is 7.35. The number of hydrogen-bond acceptors (Lipinski definition) is 5. The number of rotatable bonds is 7. The number of pyridine rings is 1. The number of aromatic nitrogens is 1. The maximum Gasteiger partial charge on any atom is 0.242 e. The molecule has 0 aliphatic heterocycles. The van der Waals surface area contributed by atoms with Crippen LogP contribution in [0, 0.1) is 0 Å². The van der Waals surface area contributed by atoms with Gasteiger partial charge < -0.3 is 5.32 Å². The van der Waals surface area contributed by atoms with Crippen LogP contribution in [0.4, 0.5) is 5.82 Å². The maximum absolute atomic E-state index is 12.1. The Balaban J connectivity index is 2.83. The Hall–Kier alpha value is -0.700. The quantitative estimate of drug-likeness (QED) is 0.779. The van der Waals surface area contributed by atoms with Gasteiger partial charge in [-0.15, -0.1) is 0 Å². The average Bonchev–Trinajstić information content (AvgIpc) is 2.35. The molecule has 1 aromatic heterocycles. The molecule has 2 atom stereocenters. The Morgan fingerprint density at radius 2 is 2.15 bits per heavy atom. The number of hydrogen-bond donors (Lipinski definition) is 2. The summed E-state index contributed by atoms with van der Waals surface area (Å²) in [6.07, 6.45) is 3.32. The summed E-state index contributed by atoms with van der Waals surface area (Å²) in [5, 5.41) is 2.99. The van der Waals surface area contributed by atoms with Gasteiger partial charge in [0.25, 0.3) is 0 Å². The van der Waals surface area contributed by atoms with E-state index in [1.807, 2.05) is 0 Å². The third-order valence-electron chi connectivity index (χ3n) is 2.56. The summed E-state index contributed by atoms with van der Waals surface area (Å²) in [4.78, 5) is 3.94. The van der Waals surface area contributed by atoms with E-state index in [1.165, 1.54) is 12.3 Å². The number of nitrogens with one attached hydrogen (secondary N) is 2. The molecule has 0 spiro atoms. The zero-order valence-corrected chi connectivity index (χ0v) is 13.9. The van der Waals surface area contributed by atoms with Crippen LogP contribution >= 0.6 is 11.6 Å². The molecule has 2 N–H and O–H groups in total. The molecule has 114 valence electrons. The van der Waals surface area contributed by atoms with Crippen molar-refractivity contribution in [1.82, 2.24) is 9.71 Å². The predicted octanol–water partition coefficient (Wildman–Crippen LogP) is 1.21. The number of halogens is 1. The molecule has 20 heavy (non-hydrogen) atoms. The molecule has 1 heterocycles. The summed E-state index contributed by atoms with van der Waals surface area (Å²) in [7, 11) is -2.98. The molecule has 1 aromatic rings. The van der Waals surface area contributed by atoms with Crippen LogP contribution in [0.25, 0.3) is 0 Å². The van der Waals surface area contributed by atoms with Crippen LogP contribution in [0.5, 0.6) is 0 Å². The normalized spacial score (nSPS) is 14.8. The van der Waals surface area contributed by atoms with Gasteiger partial charge in [-0.3, -0.25) is 4.21 Å². The van der Waals surface area contributed by atoms with Crippen LogP contribution in [0.3, 0.4) is 0 Å². The molecule has 0 aliphatic carbocycles. The summed E-state index contributed by atoms with van der Waals surface area (Å²) in [5.41, 5.74) is 0. The fourth-order valence-corrected chi connectivity index (χ4v) is 3.74. The van der Waals surface area contributed by atoms with Crippen molar-refractivity contribution in [3.63, 3.8) is 0 Å². The smallest absolute Gasteiger partial charge is 0.242 e. The summed E-state index contributed by atoms with van der Waals surface area (Å²) < 4.78 is 37.8. The molecule has 1 rings (SSSR count). The van der Waals surface area contributed by atoms with Crippen molar-refractivity contribution in [3.05, 3.63) is 17.3 Å². The molecular weight excluding hydrogens is 322 g/mol. The molecule has 0 amide bonds. The fourth-order valence-electron chi connectivity index (χ4n) is 1.49. The van der Waals surface area contributed by atoms with Crippen molar-refractivity contribution in [2.45, 2.75) is 24.3 Å². The Labute approximate surface area is 126 Å². The first kappa shape index (κ1) is 17.4. The predicted molar refractivity (Wildman–Crippen MR) is 82.1 cm³/mol. The largest absolute Gasteiger partial charge is 0.372 e. The molecular formula is C11H18ClN3O3S2. The minimum atomic E-state index is -3.68. The van der Waals surface area contributed by atoms with E-state index in [4.69, 9.17) is 11.6 Å². The van der Waals surface area contributed by atoms with E-state index in [2.05, 4.69) is 15.0 Å². The average molecular weight is 340 g/mol. The minimum absolute atomic E-state index is 0.00553. The van der Waals surface area contributed by atoms with Gasteiger partial charge in [0.1, 0.15) is 10.7 Å². The molecule has 0 saturated carbocycles. The lowest BCUT2D eigenvalue weighted by molar-refractivity contribution is 0.555. The Bertz CT molecular complexity index is 593. The summed E-state index contributed by atoms with van der Waals surface area (Å²) in [6.45, 7) is 1.72. The van der Waals surface area contributed by atoms with Crippen LogP contribution in [0.15, 0.2) is 17.2 Å². The molecule has 0 radical (unpaired) electrons. The lowest BCUT2D eigenvalue weighted by Crippen LogP contribution is -2.33. The first-order valence-electron chi connectivity index (χ1n) is 5.92. The van der Waals surface area contributed by atoms with Gasteiger partial charge in [-0.1, -0.05) is 11.6 Å². The minimum Gasteiger partial charge on any atom is -0.372 e. The third kappa shape index (κ3) is 5.01. The molecule has 9 heteroatoms. The van der Waals surface area contributed by atoms with E-state index in [-0.39, 0.29) is 16.0 Å². The van der Waals surface area contributed by atoms with Crippen molar-refractivity contribution in [2.24, 2.45) is 0 Å². The first-order chi connectivity index (χ1) is 9.26. The highest BCUT2D eigenvalue weighted by Gasteiger charge is 2.19.